The predicted octanol–water partition coefficient (Wildman–Crippen LogP) is 2.15. The molecule has 0 aliphatic heterocycles. The van der Waals surface area contributed by atoms with E-state index in [4.69, 9.17) is 23.2 Å². The summed E-state index contributed by atoms with van der Waals surface area (Å²) in [5.74, 6) is 5.78. The quantitative estimate of drug-likeness (QED) is 0.582. The maximum absolute atomic E-state index is 5.83. The minimum Gasteiger partial charge on any atom is -0.401 e. The van der Waals surface area contributed by atoms with Crippen molar-refractivity contribution in [1.29, 1.82) is 0 Å². The van der Waals surface area contributed by atoms with Crippen LogP contribution in [0.1, 0.15) is 12.5 Å². The largest absolute Gasteiger partial charge is 0.401 e. The summed E-state index contributed by atoms with van der Waals surface area (Å²) >= 11 is 5.83. The smallest absolute Gasteiger partial charge is 0.0599 e. The Labute approximate surface area is 88.9 Å². The van der Waals surface area contributed by atoms with E-state index in [1.54, 1.807) is 19.2 Å². The van der Waals surface area contributed by atoms with Crippen LogP contribution >= 0.6 is 11.6 Å². The minimum atomic E-state index is 0.654. The Kier molecular flexibility index (Phi) is 3.38. The van der Waals surface area contributed by atoms with Crippen LogP contribution in [0.5, 0.6) is 0 Å². The highest BCUT2D eigenvalue weighted by Crippen LogP contribution is 2.21. The molecular weight excluding hydrogens is 198 g/mol. The topological polar surface area (TPSA) is 55.3 Å². The second kappa shape index (κ2) is 4.35. The number of aryl methyl sites for hydroxylation is 1. The Morgan fingerprint density at radius 3 is 2.64 bits per heavy atom. The van der Waals surface area contributed by atoms with Crippen molar-refractivity contribution < 1.29 is 0 Å². The number of halogens is 1. The molecule has 4 N–H and O–H groups in total. The maximum atomic E-state index is 5.83. The molecule has 0 aromatic heterocycles. The average Bonchev–Trinajstić information content (AvgIpc) is 2.01. The summed E-state index contributed by atoms with van der Waals surface area (Å²) in [6, 6.07) is 5.51. The van der Waals surface area contributed by atoms with Gasteiger partial charge in [-0.2, -0.15) is 0 Å². The summed E-state index contributed by atoms with van der Waals surface area (Å²) in [5, 5.41) is 2.19. The van der Waals surface area contributed by atoms with E-state index in [9.17, 15) is 0 Å². The number of allylic oxidation sites excluding steroid dienone is 1. The van der Waals surface area contributed by atoms with Gasteiger partial charge in [-0.15, -0.1) is 0 Å². The zero-order valence-corrected chi connectivity index (χ0v) is 9.05. The molecule has 0 radical (unpaired) electrons. The number of hydrogen-bond donors (Lipinski definition) is 2. The number of nitrogens with two attached hydrogens (primary N) is 2. The number of anilines is 1. The molecular formula is C10H14ClN3. The van der Waals surface area contributed by atoms with E-state index >= 15 is 0 Å². The first-order valence-electron chi connectivity index (χ1n) is 4.24. The fourth-order valence-electron chi connectivity index (χ4n) is 1.20. The van der Waals surface area contributed by atoms with Crippen molar-refractivity contribution in [2.75, 3.05) is 5.01 Å². The van der Waals surface area contributed by atoms with Crippen molar-refractivity contribution in [1.82, 2.24) is 0 Å². The molecule has 0 heterocycles. The molecule has 0 fully saturated rings. The standard InChI is InChI=1S/C10H14ClN3/c1-7-5-9(11)3-4-10(7)14(13)6-8(2)12/h3-6H,12-13H2,1-2H3/b8-6-. The fraction of sp³-hybridized carbons (Fsp3) is 0.200. The van der Waals surface area contributed by atoms with Crippen molar-refractivity contribution in [2.24, 2.45) is 11.6 Å². The summed E-state index contributed by atoms with van der Waals surface area (Å²) in [5.41, 5.74) is 8.08. The van der Waals surface area contributed by atoms with Gasteiger partial charge >= 0.3 is 0 Å². The molecule has 0 aliphatic rings. The lowest BCUT2D eigenvalue weighted by Gasteiger charge is -2.16. The van der Waals surface area contributed by atoms with Crippen molar-refractivity contribution in [3.05, 3.63) is 40.7 Å². The second-order valence-corrected chi connectivity index (χ2v) is 3.65. The molecule has 0 unspecified atom stereocenters. The third-order valence-corrected chi connectivity index (χ3v) is 2.01. The highest BCUT2D eigenvalue weighted by Gasteiger charge is 2.02. The second-order valence-electron chi connectivity index (χ2n) is 3.21. The fourth-order valence-corrected chi connectivity index (χ4v) is 1.42. The Bertz CT molecular complexity index is 356. The molecule has 0 amide bonds. The van der Waals surface area contributed by atoms with Gasteiger partial charge in [0.2, 0.25) is 0 Å². The average molecular weight is 212 g/mol. The summed E-state index contributed by atoms with van der Waals surface area (Å²) in [6.45, 7) is 3.73. The van der Waals surface area contributed by atoms with E-state index in [0.29, 0.717) is 10.7 Å². The van der Waals surface area contributed by atoms with Gasteiger partial charge in [-0.3, -0.25) is 5.01 Å². The molecule has 0 saturated heterocycles. The molecule has 1 rings (SSSR count). The lowest BCUT2D eigenvalue weighted by atomic mass is 10.2. The number of rotatable bonds is 2. The Hall–Kier alpha value is -1.19. The molecule has 3 nitrogen and oxygen atoms in total. The predicted molar refractivity (Wildman–Crippen MR) is 60.8 cm³/mol. The Morgan fingerprint density at radius 2 is 2.14 bits per heavy atom. The van der Waals surface area contributed by atoms with Crippen molar-refractivity contribution in [2.45, 2.75) is 13.8 Å². The minimum absolute atomic E-state index is 0.654. The van der Waals surface area contributed by atoms with Crippen molar-refractivity contribution >= 4 is 17.3 Å². The Balaban J connectivity index is 3.02. The first-order chi connectivity index (χ1) is 6.50. The lowest BCUT2D eigenvalue weighted by Crippen LogP contribution is -2.26. The van der Waals surface area contributed by atoms with Gasteiger partial charge in [0, 0.05) is 16.9 Å². The normalized spacial score (nSPS) is 11.6. The van der Waals surface area contributed by atoms with E-state index in [-0.39, 0.29) is 0 Å². The molecule has 0 saturated carbocycles. The van der Waals surface area contributed by atoms with Crippen LogP contribution in [0.4, 0.5) is 5.69 Å². The van der Waals surface area contributed by atoms with Crippen LogP contribution in [0.15, 0.2) is 30.1 Å². The number of hydrazine groups is 1. The van der Waals surface area contributed by atoms with Crippen LogP contribution in [0.25, 0.3) is 0 Å². The summed E-state index contributed by atoms with van der Waals surface area (Å²) in [7, 11) is 0. The molecule has 76 valence electrons. The highest BCUT2D eigenvalue weighted by molar-refractivity contribution is 6.30. The Morgan fingerprint density at radius 1 is 1.50 bits per heavy atom. The summed E-state index contributed by atoms with van der Waals surface area (Å²) < 4.78 is 0. The van der Waals surface area contributed by atoms with Crippen LogP contribution in [0.2, 0.25) is 5.02 Å². The summed E-state index contributed by atoms with van der Waals surface area (Å²) in [4.78, 5) is 0. The number of hydrogen-bond acceptors (Lipinski definition) is 3. The van der Waals surface area contributed by atoms with Crippen LogP contribution in [0.3, 0.4) is 0 Å². The number of nitrogens with zero attached hydrogens (tertiary/aromatic N) is 1. The van der Waals surface area contributed by atoms with Gasteiger partial charge in [-0.1, -0.05) is 11.6 Å². The third kappa shape index (κ3) is 2.65. The highest BCUT2D eigenvalue weighted by atomic mass is 35.5. The molecule has 1 aromatic carbocycles. The summed E-state index contributed by atoms with van der Waals surface area (Å²) in [6.07, 6.45) is 1.66. The third-order valence-electron chi connectivity index (χ3n) is 1.78. The molecule has 14 heavy (non-hydrogen) atoms. The van der Waals surface area contributed by atoms with Crippen molar-refractivity contribution in [3.63, 3.8) is 0 Å². The first kappa shape index (κ1) is 10.9. The van der Waals surface area contributed by atoms with Crippen LogP contribution in [-0.2, 0) is 0 Å². The van der Waals surface area contributed by atoms with E-state index in [1.807, 2.05) is 19.1 Å². The van der Waals surface area contributed by atoms with Crippen LogP contribution in [-0.4, -0.2) is 0 Å². The van der Waals surface area contributed by atoms with Gasteiger partial charge in [0.05, 0.1) is 5.69 Å². The first-order valence-corrected chi connectivity index (χ1v) is 4.62. The maximum Gasteiger partial charge on any atom is 0.0599 e. The van der Waals surface area contributed by atoms with Gasteiger partial charge in [0.15, 0.2) is 0 Å². The molecule has 1 aromatic rings. The molecule has 0 atom stereocenters. The van der Waals surface area contributed by atoms with E-state index < -0.39 is 0 Å². The van der Waals surface area contributed by atoms with Crippen LogP contribution in [0, 0.1) is 6.92 Å². The monoisotopic (exact) mass is 211 g/mol. The van der Waals surface area contributed by atoms with Gasteiger partial charge in [-0.05, 0) is 37.6 Å². The van der Waals surface area contributed by atoms with E-state index in [1.165, 1.54) is 5.01 Å². The van der Waals surface area contributed by atoms with Gasteiger partial charge in [-0.25, -0.2) is 5.84 Å². The van der Waals surface area contributed by atoms with Gasteiger partial charge in [0.25, 0.3) is 0 Å². The molecule has 0 aliphatic carbocycles. The van der Waals surface area contributed by atoms with E-state index in [2.05, 4.69) is 0 Å². The van der Waals surface area contributed by atoms with E-state index in [0.717, 1.165) is 11.3 Å². The van der Waals surface area contributed by atoms with Gasteiger partial charge in [0.1, 0.15) is 0 Å². The SMILES string of the molecule is C/C(N)=C/N(N)c1ccc(Cl)cc1C. The molecule has 4 heteroatoms. The lowest BCUT2D eigenvalue weighted by molar-refractivity contribution is 1.04. The zero-order valence-electron chi connectivity index (χ0n) is 8.29. The zero-order chi connectivity index (χ0) is 10.7. The molecule has 0 bridgehead atoms. The molecule has 0 spiro atoms. The van der Waals surface area contributed by atoms with Gasteiger partial charge < -0.3 is 5.73 Å². The van der Waals surface area contributed by atoms with Crippen molar-refractivity contribution in [3.8, 4) is 0 Å². The van der Waals surface area contributed by atoms with Crippen LogP contribution < -0.4 is 16.6 Å². The number of benzene rings is 1.